The zero-order chi connectivity index (χ0) is 16.4. The number of nitrogens with one attached hydrogen (secondary N) is 2. The number of nitrogens with zero attached hydrogens (tertiary/aromatic N) is 1. The number of alkyl halides is 2. The lowest BCUT2D eigenvalue weighted by molar-refractivity contribution is -0.0499. The van der Waals surface area contributed by atoms with E-state index >= 15 is 0 Å². The van der Waals surface area contributed by atoms with Gasteiger partial charge in [-0.1, -0.05) is 0 Å². The van der Waals surface area contributed by atoms with Crippen LogP contribution in [0.25, 0.3) is 0 Å². The number of hydrogen-bond donors (Lipinski definition) is 2. The van der Waals surface area contributed by atoms with Crippen molar-refractivity contribution in [3.8, 4) is 5.75 Å². The lowest BCUT2D eigenvalue weighted by Crippen LogP contribution is -2.39. The Hall–Kier alpha value is -2.51. The molecule has 1 aromatic heterocycles. The van der Waals surface area contributed by atoms with Crippen LogP contribution in [-0.4, -0.2) is 28.5 Å². The minimum Gasteiger partial charge on any atom is -0.435 e. The first-order chi connectivity index (χ1) is 11.0. The number of amides is 1. The fraction of sp³-hybridized carbons (Fsp3) is 0.333. The van der Waals surface area contributed by atoms with E-state index in [0.29, 0.717) is 12.8 Å². The molecule has 1 unspecified atom stereocenters. The first-order valence-electron chi connectivity index (χ1n) is 7.09. The van der Waals surface area contributed by atoms with Gasteiger partial charge in [-0.2, -0.15) is 8.78 Å². The molecule has 1 atom stereocenters. The van der Waals surface area contributed by atoms with Crippen molar-refractivity contribution in [2.75, 3.05) is 0 Å². The van der Waals surface area contributed by atoms with Gasteiger partial charge in [-0.3, -0.25) is 4.79 Å². The largest absolute Gasteiger partial charge is 0.435 e. The first kappa shape index (κ1) is 15.4. The van der Waals surface area contributed by atoms with Gasteiger partial charge >= 0.3 is 6.61 Å². The number of carbonyl (C=O) groups is 1. The summed E-state index contributed by atoms with van der Waals surface area (Å²) in [6, 6.07) is 2.91. The summed E-state index contributed by atoms with van der Waals surface area (Å²) in [6.45, 7) is -3.04. The van der Waals surface area contributed by atoms with Gasteiger partial charge in [0.25, 0.3) is 5.91 Å². The highest BCUT2D eigenvalue weighted by atomic mass is 19.3. The predicted molar refractivity (Wildman–Crippen MR) is 74.9 cm³/mol. The number of fused-ring (bicyclic) bond motifs is 1. The molecule has 1 aliphatic carbocycles. The Labute approximate surface area is 129 Å². The summed E-state index contributed by atoms with van der Waals surface area (Å²) < 4.78 is 42.2. The van der Waals surface area contributed by atoms with Gasteiger partial charge in [0.2, 0.25) is 0 Å². The Morgan fingerprint density at radius 1 is 1.43 bits per heavy atom. The average molecular weight is 325 g/mol. The zero-order valence-corrected chi connectivity index (χ0v) is 12.0. The molecule has 23 heavy (non-hydrogen) atoms. The third-order valence-electron chi connectivity index (χ3n) is 3.73. The van der Waals surface area contributed by atoms with Gasteiger partial charge in [-0.25, -0.2) is 9.37 Å². The zero-order valence-electron chi connectivity index (χ0n) is 12.0. The second-order valence-corrected chi connectivity index (χ2v) is 5.26. The number of ether oxygens (including phenoxy) is 1. The Morgan fingerprint density at radius 3 is 3.00 bits per heavy atom. The Balaban J connectivity index is 1.67. The van der Waals surface area contributed by atoms with Crippen molar-refractivity contribution in [3.05, 3.63) is 47.3 Å². The molecular weight excluding hydrogens is 311 g/mol. The van der Waals surface area contributed by atoms with Crippen LogP contribution in [0.1, 0.15) is 28.2 Å². The lowest BCUT2D eigenvalue weighted by Gasteiger charge is -2.22. The van der Waals surface area contributed by atoms with E-state index in [-0.39, 0.29) is 17.4 Å². The highest BCUT2D eigenvalue weighted by Crippen LogP contribution is 2.21. The van der Waals surface area contributed by atoms with Crippen LogP contribution in [0.5, 0.6) is 5.75 Å². The van der Waals surface area contributed by atoms with Gasteiger partial charge in [-0.05, 0) is 25.0 Å². The minimum atomic E-state index is -3.04. The molecule has 1 aromatic carbocycles. The van der Waals surface area contributed by atoms with Crippen molar-refractivity contribution in [3.63, 3.8) is 0 Å². The van der Waals surface area contributed by atoms with Crippen LogP contribution in [-0.2, 0) is 12.8 Å². The number of aromatic nitrogens is 2. The molecule has 0 spiro atoms. The molecule has 1 amide bonds. The molecule has 0 radical (unpaired) electrons. The van der Waals surface area contributed by atoms with E-state index in [2.05, 4.69) is 20.0 Å². The van der Waals surface area contributed by atoms with Gasteiger partial charge in [0.1, 0.15) is 11.6 Å². The maximum atomic E-state index is 13.9. The van der Waals surface area contributed by atoms with Crippen LogP contribution < -0.4 is 10.1 Å². The molecule has 8 heteroatoms. The molecule has 2 N–H and O–H groups in total. The van der Waals surface area contributed by atoms with Crippen LogP contribution in [0.15, 0.2) is 24.5 Å². The molecule has 1 heterocycles. The molecule has 2 aromatic rings. The third kappa shape index (κ3) is 3.46. The number of benzene rings is 1. The highest BCUT2D eigenvalue weighted by Gasteiger charge is 2.23. The van der Waals surface area contributed by atoms with Gasteiger partial charge in [0, 0.05) is 24.2 Å². The number of carbonyl (C=O) groups excluding carboxylic acids is 1. The summed E-state index contributed by atoms with van der Waals surface area (Å²) >= 11 is 0. The number of rotatable bonds is 4. The molecule has 0 bridgehead atoms. The summed E-state index contributed by atoms with van der Waals surface area (Å²) in [5.74, 6) is -1.81. The topological polar surface area (TPSA) is 67.0 Å². The van der Waals surface area contributed by atoms with E-state index in [4.69, 9.17) is 0 Å². The molecule has 5 nitrogen and oxygen atoms in total. The van der Waals surface area contributed by atoms with Gasteiger partial charge < -0.3 is 15.0 Å². The van der Waals surface area contributed by atoms with E-state index in [1.807, 2.05) is 0 Å². The van der Waals surface area contributed by atoms with Crippen molar-refractivity contribution < 1.29 is 22.7 Å². The van der Waals surface area contributed by atoms with Crippen molar-refractivity contribution in [1.82, 2.24) is 15.3 Å². The number of aromatic amines is 1. The van der Waals surface area contributed by atoms with E-state index in [0.717, 1.165) is 36.0 Å². The molecule has 1 aliphatic rings. The summed E-state index contributed by atoms with van der Waals surface area (Å²) in [5, 5.41) is 2.75. The van der Waals surface area contributed by atoms with Crippen LogP contribution >= 0.6 is 0 Å². The van der Waals surface area contributed by atoms with Crippen molar-refractivity contribution in [2.45, 2.75) is 31.9 Å². The molecule has 0 fully saturated rings. The lowest BCUT2D eigenvalue weighted by atomic mass is 9.96. The van der Waals surface area contributed by atoms with E-state index in [1.165, 1.54) is 0 Å². The van der Waals surface area contributed by atoms with Crippen LogP contribution in [0.4, 0.5) is 13.2 Å². The van der Waals surface area contributed by atoms with E-state index in [9.17, 15) is 18.0 Å². The van der Waals surface area contributed by atoms with Crippen molar-refractivity contribution >= 4 is 5.91 Å². The summed E-state index contributed by atoms with van der Waals surface area (Å²) in [5.41, 5.74) is 1.74. The van der Waals surface area contributed by atoms with Gasteiger partial charge in [0.05, 0.1) is 17.6 Å². The number of halogens is 3. The molecular formula is C15H14F3N3O2. The maximum Gasteiger partial charge on any atom is 0.387 e. The smallest absolute Gasteiger partial charge is 0.387 e. The van der Waals surface area contributed by atoms with E-state index < -0.39 is 18.3 Å². The standard InChI is InChI=1S/C15H14F3N3O2/c16-11-6-9(23-15(17)18)2-3-10(11)14(22)21-8-1-4-12-13(5-8)20-7-19-12/h2-3,6-8,15H,1,4-5H2,(H,19,20)(H,21,22). The summed E-state index contributed by atoms with van der Waals surface area (Å²) in [7, 11) is 0. The van der Waals surface area contributed by atoms with Gasteiger partial charge in [0.15, 0.2) is 0 Å². The fourth-order valence-corrected chi connectivity index (χ4v) is 2.64. The van der Waals surface area contributed by atoms with Crippen molar-refractivity contribution in [1.29, 1.82) is 0 Å². The monoisotopic (exact) mass is 325 g/mol. The summed E-state index contributed by atoms with van der Waals surface area (Å²) in [6.07, 6.45) is 3.64. The SMILES string of the molecule is O=C(NC1CCc2nc[nH]c2C1)c1ccc(OC(F)F)cc1F. The highest BCUT2D eigenvalue weighted by molar-refractivity contribution is 5.94. The second-order valence-electron chi connectivity index (χ2n) is 5.26. The Morgan fingerprint density at radius 2 is 2.26 bits per heavy atom. The van der Waals surface area contributed by atoms with E-state index in [1.54, 1.807) is 6.33 Å². The minimum absolute atomic E-state index is 0.133. The number of imidazole rings is 1. The Bertz CT molecular complexity index is 718. The van der Waals surface area contributed by atoms with Gasteiger partial charge in [-0.15, -0.1) is 0 Å². The fourth-order valence-electron chi connectivity index (χ4n) is 2.64. The average Bonchev–Trinajstić information content (AvgIpc) is 2.94. The first-order valence-corrected chi connectivity index (χ1v) is 7.09. The molecule has 0 saturated carbocycles. The Kier molecular flexibility index (Phi) is 4.22. The van der Waals surface area contributed by atoms with Crippen LogP contribution in [0, 0.1) is 5.82 Å². The third-order valence-corrected chi connectivity index (χ3v) is 3.73. The predicted octanol–water partition coefficient (Wildman–Crippen LogP) is 2.44. The van der Waals surface area contributed by atoms with Crippen LogP contribution in [0.3, 0.4) is 0 Å². The van der Waals surface area contributed by atoms with Crippen LogP contribution in [0.2, 0.25) is 0 Å². The number of hydrogen-bond acceptors (Lipinski definition) is 3. The molecule has 0 saturated heterocycles. The normalized spacial score (nSPS) is 17.0. The maximum absolute atomic E-state index is 13.9. The summed E-state index contributed by atoms with van der Waals surface area (Å²) in [4.78, 5) is 19.3. The molecule has 0 aliphatic heterocycles. The quantitative estimate of drug-likeness (QED) is 0.907. The number of aryl methyl sites for hydroxylation is 1. The number of H-pyrrole nitrogens is 1. The second kappa shape index (κ2) is 6.31. The molecule has 3 rings (SSSR count). The van der Waals surface area contributed by atoms with Crippen molar-refractivity contribution in [2.24, 2.45) is 0 Å². The molecule has 122 valence electrons.